The zero-order chi connectivity index (χ0) is 19.7. The molecule has 0 amide bonds. The van der Waals surface area contributed by atoms with E-state index < -0.39 is 0 Å². The van der Waals surface area contributed by atoms with Crippen molar-refractivity contribution >= 4 is 33.9 Å². The summed E-state index contributed by atoms with van der Waals surface area (Å²) in [7, 11) is 0. The molecule has 1 N–H and O–H groups in total. The molecule has 0 saturated carbocycles. The van der Waals surface area contributed by atoms with Gasteiger partial charge in [-0.3, -0.25) is 15.0 Å². The monoisotopic (exact) mass is 390 g/mol. The predicted molar refractivity (Wildman–Crippen MR) is 113 cm³/mol. The van der Waals surface area contributed by atoms with Crippen LogP contribution in [0.3, 0.4) is 0 Å². The van der Waals surface area contributed by atoms with Gasteiger partial charge in [-0.15, -0.1) is 0 Å². The van der Waals surface area contributed by atoms with Crippen LogP contribution < -0.4 is 5.43 Å². The van der Waals surface area contributed by atoms with Gasteiger partial charge in [0.15, 0.2) is 0 Å². The van der Waals surface area contributed by atoms with Gasteiger partial charge in [-0.2, -0.15) is 5.10 Å². The number of pyridine rings is 2. The van der Waals surface area contributed by atoms with Gasteiger partial charge in [0.1, 0.15) is 12.1 Å². The molecule has 140 valence electrons. The number of hydrazone groups is 1. The van der Waals surface area contributed by atoms with Crippen LogP contribution in [0.15, 0.2) is 60.2 Å². The van der Waals surface area contributed by atoms with Crippen LogP contribution >= 0.6 is 11.6 Å². The third kappa shape index (κ3) is 3.46. The van der Waals surface area contributed by atoms with Crippen molar-refractivity contribution in [2.24, 2.45) is 5.10 Å². The van der Waals surface area contributed by atoms with Crippen molar-refractivity contribution in [3.05, 3.63) is 77.1 Å². The molecule has 4 rings (SSSR count). The van der Waals surface area contributed by atoms with Crippen molar-refractivity contribution in [1.82, 2.24) is 19.5 Å². The van der Waals surface area contributed by atoms with Crippen molar-refractivity contribution in [3.8, 4) is 5.82 Å². The predicted octanol–water partition coefficient (Wildman–Crippen LogP) is 4.92. The van der Waals surface area contributed by atoms with Gasteiger partial charge in [0.2, 0.25) is 0 Å². The molecule has 0 saturated heterocycles. The molecule has 0 aliphatic carbocycles. The largest absolute Gasteiger partial charge is 0.287 e. The topological polar surface area (TPSA) is 68.0 Å². The number of imidazole rings is 1. The molecule has 0 aliphatic heterocycles. The second kappa shape index (κ2) is 7.40. The number of nitrogens with zero attached hydrogens (tertiary/aromatic N) is 5. The maximum atomic E-state index is 6.05. The molecule has 0 bridgehead atoms. The van der Waals surface area contributed by atoms with Crippen LogP contribution in [0, 0.1) is 13.8 Å². The zero-order valence-corrected chi connectivity index (χ0v) is 16.6. The van der Waals surface area contributed by atoms with Crippen LogP contribution in [0.2, 0.25) is 5.02 Å². The second-order valence-corrected chi connectivity index (χ2v) is 6.96. The number of aromatic nitrogens is 4. The van der Waals surface area contributed by atoms with E-state index in [0.29, 0.717) is 5.02 Å². The van der Waals surface area contributed by atoms with Gasteiger partial charge in [0, 0.05) is 34.1 Å². The molecule has 3 heterocycles. The molecule has 0 unspecified atom stereocenters. The Bertz CT molecular complexity index is 1180. The fraction of sp³-hybridized carbons (Fsp3) is 0.143. The van der Waals surface area contributed by atoms with Crippen LogP contribution in [0.5, 0.6) is 0 Å². The van der Waals surface area contributed by atoms with Gasteiger partial charge in [0.25, 0.3) is 0 Å². The van der Waals surface area contributed by atoms with Gasteiger partial charge in [0.05, 0.1) is 22.6 Å². The molecule has 3 aromatic heterocycles. The Morgan fingerprint density at radius 2 is 1.93 bits per heavy atom. The van der Waals surface area contributed by atoms with Crippen molar-refractivity contribution in [3.63, 3.8) is 0 Å². The summed E-state index contributed by atoms with van der Waals surface area (Å²) in [5, 5.41) is 6.13. The molecule has 1 aromatic carbocycles. The number of hydrogen-bond acceptors (Lipinski definition) is 5. The van der Waals surface area contributed by atoms with E-state index in [4.69, 9.17) is 11.6 Å². The lowest BCUT2D eigenvalue weighted by molar-refractivity contribution is 0.949. The third-order valence-electron chi connectivity index (χ3n) is 4.71. The highest BCUT2D eigenvalue weighted by atomic mass is 35.5. The average molecular weight is 391 g/mol. The lowest BCUT2D eigenvalue weighted by Crippen LogP contribution is -2.03. The van der Waals surface area contributed by atoms with Gasteiger partial charge in [-0.1, -0.05) is 11.6 Å². The maximum Gasteiger partial charge on any atom is 0.138 e. The average Bonchev–Trinajstić information content (AvgIpc) is 3.04. The highest BCUT2D eigenvalue weighted by Crippen LogP contribution is 2.24. The zero-order valence-electron chi connectivity index (χ0n) is 15.8. The Kier molecular flexibility index (Phi) is 4.79. The van der Waals surface area contributed by atoms with Crippen molar-refractivity contribution < 1.29 is 0 Å². The molecule has 4 aromatic rings. The quantitative estimate of drug-likeness (QED) is 0.396. The standard InChI is InChI=1S/C21H19ClN6/c1-13-15(3)28(12-25-13)21-7-4-16(11-24-21)14(2)26-27-19-8-9-23-20-10-17(22)5-6-18(19)20/h4-12H,1-3H3,(H,23,27)/b26-14+. The summed E-state index contributed by atoms with van der Waals surface area (Å²) in [6, 6.07) is 11.5. The summed E-state index contributed by atoms with van der Waals surface area (Å²) < 4.78 is 1.97. The van der Waals surface area contributed by atoms with Gasteiger partial charge < -0.3 is 0 Å². The van der Waals surface area contributed by atoms with Gasteiger partial charge >= 0.3 is 0 Å². The minimum Gasteiger partial charge on any atom is -0.287 e. The number of rotatable bonds is 4. The first-order valence-electron chi connectivity index (χ1n) is 8.85. The van der Waals surface area contributed by atoms with E-state index in [0.717, 1.165) is 45.1 Å². The second-order valence-electron chi connectivity index (χ2n) is 6.52. The van der Waals surface area contributed by atoms with Gasteiger partial charge in [-0.05, 0) is 57.2 Å². The van der Waals surface area contributed by atoms with Gasteiger partial charge in [-0.25, -0.2) is 9.97 Å². The maximum absolute atomic E-state index is 6.05. The molecular weight excluding hydrogens is 372 g/mol. The summed E-state index contributed by atoms with van der Waals surface area (Å²) in [6.45, 7) is 5.96. The molecule has 0 aliphatic rings. The molecule has 0 spiro atoms. The summed E-state index contributed by atoms with van der Waals surface area (Å²) in [4.78, 5) is 13.2. The first-order valence-corrected chi connectivity index (χ1v) is 9.22. The molecule has 7 heteroatoms. The van der Waals surface area contributed by atoms with E-state index in [2.05, 4.69) is 25.5 Å². The van der Waals surface area contributed by atoms with Crippen LogP contribution in [0.4, 0.5) is 5.69 Å². The number of benzene rings is 1. The normalized spacial score (nSPS) is 11.8. The fourth-order valence-electron chi connectivity index (χ4n) is 2.90. The highest BCUT2D eigenvalue weighted by Gasteiger charge is 2.07. The molecular formula is C21H19ClN6. The SMILES string of the molecule is C/C(=N\Nc1ccnc2cc(Cl)ccc12)c1ccc(-n2cnc(C)c2C)nc1. The van der Waals surface area contributed by atoms with E-state index >= 15 is 0 Å². The number of fused-ring (bicyclic) bond motifs is 1. The summed E-state index contributed by atoms with van der Waals surface area (Å²) in [5.74, 6) is 0.833. The minimum absolute atomic E-state index is 0.659. The van der Waals surface area contributed by atoms with Crippen LogP contribution in [0.25, 0.3) is 16.7 Å². The smallest absolute Gasteiger partial charge is 0.138 e. The first-order chi connectivity index (χ1) is 13.5. The number of hydrogen-bond donors (Lipinski definition) is 1. The lowest BCUT2D eigenvalue weighted by Gasteiger charge is -2.08. The van der Waals surface area contributed by atoms with Crippen LogP contribution in [-0.2, 0) is 0 Å². The Morgan fingerprint density at radius 3 is 2.64 bits per heavy atom. The van der Waals surface area contributed by atoms with E-state index in [1.54, 1.807) is 12.5 Å². The van der Waals surface area contributed by atoms with Crippen LogP contribution in [0.1, 0.15) is 23.9 Å². The van der Waals surface area contributed by atoms with Crippen molar-refractivity contribution in [2.45, 2.75) is 20.8 Å². The molecule has 0 atom stereocenters. The number of anilines is 1. The Morgan fingerprint density at radius 1 is 1.07 bits per heavy atom. The molecule has 0 radical (unpaired) electrons. The minimum atomic E-state index is 0.659. The Hall–Kier alpha value is -3.25. The molecule has 6 nitrogen and oxygen atoms in total. The lowest BCUT2D eigenvalue weighted by atomic mass is 10.2. The first kappa shape index (κ1) is 18.1. The van der Waals surface area contributed by atoms with E-state index in [-0.39, 0.29) is 0 Å². The Labute approximate surface area is 167 Å². The highest BCUT2D eigenvalue weighted by molar-refractivity contribution is 6.31. The van der Waals surface area contributed by atoms with E-state index in [1.807, 2.05) is 67.9 Å². The van der Waals surface area contributed by atoms with E-state index in [9.17, 15) is 0 Å². The summed E-state index contributed by atoms with van der Waals surface area (Å²) in [6.07, 6.45) is 5.34. The van der Waals surface area contributed by atoms with E-state index in [1.165, 1.54) is 0 Å². The summed E-state index contributed by atoms with van der Waals surface area (Å²) in [5.41, 5.74) is 8.66. The van der Waals surface area contributed by atoms with Crippen LogP contribution in [-0.4, -0.2) is 25.2 Å². The number of aryl methyl sites for hydroxylation is 1. The Balaban J connectivity index is 1.57. The van der Waals surface area contributed by atoms with Crippen molar-refractivity contribution in [2.75, 3.05) is 5.43 Å². The third-order valence-corrected chi connectivity index (χ3v) is 4.95. The number of nitrogens with one attached hydrogen (secondary N) is 1. The number of halogens is 1. The molecule has 28 heavy (non-hydrogen) atoms. The fourth-order valence-corrected chi connectivity index (χ4v) is 3.07. The molecule has 0 fully saturated rings. The summed E-state index contributed by atoms with van der Waals surface area (Å²) >= 11 is 6.05. The van der Waals surface area contributed by atoms with Crippen molar-refractivity contribution in [1.29, 1.82) is 0 Å².